The average Bonchev–Trinajstić information content (AvgIpc) is 3.33. The number of hydrogen-bond donors (Lipinski definition) is 1. The molecule has 5 rings (SSSR count). The van der Waals surface area contributed by atoms with Gasteiger partial charge in [-0.25, -0.2) is 4.98 Å². The number of hydrogen-bond acceptors (Lipinski definition) is 6. The van der Waals surface area contributed by atoms with Crippen LogP contribution >= 0.6 is 0 Å². The maximum absolute atomic E-state index is 12.7. The molecule has 1 aliphatic heterocycles. The van der Waals surface area contributed by atoms with Crippen molar-refractivity contribution < 1.29 is 18.3 Å². The van der Waals surface area contributed by atoms with Crippen LogP contribution in [0, 0.1) is 11.8 Å². The Hall–Kier alpha value is -2.26. The summed E-state index contributed by atoms with van der Waals surface area (Å²) in [5.41, 5.74) is 8.28. The standard InChI is InChI=1S/C23H31F2N5O2/c1-13(2)30-20(11-19(28-30)15-9-21(32-23(24)25)22(26)27-12-15)18-8-14-7-16(10-17(14)18)29-3-5-31-6-4-29/h9,11-14,16-18,23H,3-8,10H2,1-2H3,(H2,26,27). The minimum absolute atomic E-state index is 0.0560. The smallest absolute Gasteiger partial charge is 0.387 e. The fourth-order valence-corrected chi connectivity index (χ4v) is 5.80. The number of morpholine rings is 1. The number of nitrogens with zero attached hydrogens (tertiary/aromatic N) is 4. The Morgan fingerprint density at radius 1 is 1.16 bits per heavy atom. The molecule has 2 N–H and O–H groups in total. The van der Waals surface area contributed by atoms with Crippen molar-refractivity contribution in [3.8, 4) is 17.0 Å². The zero-order chi connectivity index (χ0) is 22.4. The number of ether oxygens (including phenoxy) is 2. The van der Waals surface area contributed by atoms with Crippen molar-refractivity contribution in [1.82, 2.24) is 19.7 Å². The quantitative estimate of drug-likeness (QED) is 0.723. The molecule has 32 heavy (non-hydrogen) atoms. The van der Waals surface area contributed by atoms with E-state index < -0.39 is 6.61 Å². The number of nitrogen functional groups attached to an aromatic ring is 1. The van der Waals surface area contributed by atoms with Gasteiger partial charge in [-0.15, -0.1) is 0 Å². The van der Waals surface area contributed by atoms with E-state index in [4.69, 9.17) is 15.6 Å². The summed E-state index contributed by atoms with van der Waals surface area (Å²) >= 11 is 0. The normalized spacial score (nSPS) is 28.2. The molecular formula is C23H31F2N5O2. The summed E-state index contributed by atoms with van der Waals surface area (Å²) in [5, 5.41) is 4.82. The van der Waals surface area contributed by atoms with Crippen LogP contribution in [0.2, 0.25) is 0 Å². The van der Waals surface area contributed by atoms with Crippen LogP contribution < -0.4 is 10.5 Å². The number of halogens is 2. The molecule has 0 aromatic carbocycles. The van der Waals surface area contributed by atoms with Crippen LogP contribution in [0.15, 0.2) is 18.3 Å². The Bertz CT molecular complexity index is 960. The van der Waals surface area contributed by atoms with Gasteiger partial charge in [-0.1, -0.05) is 0 Å². The summed E-state index contributed by atoms with van der Waals surface area (Å²) in [5.74, 6) is 1.75. The van der Waals surface area contributed by atoms with E-state index in [-0.39, 0.29) is 17.6 Å². The Balaban J connectivity index is 1.38. The maximum atomic E-state index is 12.7. The first kappa shape index (κ1) is 21.6. The third-order valence-electron chi connectivity index (χ3n) is 7.39. The number of fused-ring (bicyclic) bond motifs is 1. The number of alkyl halides is 2. The summed E-state index contributed by atoms with van der Waals surface area (Å²) in [6.45, 7) is 5.04. The van der Waals surface area contributed by atoms with Gasteiger partial charge in [0.15, 0.2) is 11.6 Å². The van der Waals surface area contributed by atoms with Crippen molar-refractivity contribution in [2.75, 3.05) is 32.0 Å². The topological polar surface area (TPSA) is 78.4 Å². The van der Waals surface area contributed by atoms with E-state index in [2.05, 4.69) is 39.2 Å². The zero-order valence-electron chi connectivity index (χ0n) is 18.6. The second kappa shape index (κ2) is 8.59. The lowest BCUT2D eigenvalue weighted by atomic mass is 9.65. The molecule has 4 atom stereocenters. The SMILES string of the molecule is CC(C)n1nc(-c2cnc(N)c(OC(F)F)c2)cc1C1CC2CC(N3CCOCC3)CC21. The van der Waals surface area contributed by atoms with Gasteiger partial charge in [0.2, 0.25) is 0 Å². The summed E-state index contributed by atoms with van der Waals surface area (Å²) in [4.78, 5) is 6.65. The molecule has 7 nitrogen and oxygen atoms in total. The van der Waals surface area contributed by atoms with Gasteiger partial charge >= 0.3 is 6.61 Å². The molecule has 3 aliphatic rings. The Morgan fingerprint density at radius 3 is 2.66 bits per heavy atom. The second-order valence-electron chi connectivity index (χ2n) is 9.52. The first-order chi connectivity index (χ1) is 15.4. The molecule has 0 spiro atoms. The predicted molar refractivity (Wildman–Crippen MR) is 117 cm³/mol. The van der Waals surface area contributed by atoms with Gasteiger partial charge in [-0.2, -0.15) is 13.9 Å². The Labute approximate surface area is 186 Å². The first-order valence-corrected chi connectivity index (χ1v) is 11.5. The summed E-state index contributed by atoms with van der Waals surface area (Å²) in [6, 6.07) is 4.46. The van der Waals surface area contributed by atoms with Crippen molar-refractivity contribution >= 4 is 5.82 Å². The van der Waals surface area contributed by atoms with Gasteiger partial charge in [0.05, 0.1) is 18.9 Å². The van der Waals surface area contributed by atoms with Crippen LogP contribution in [0.5, 0.6) is 5.75 Å². The van der Waals surface area contributed by atoms with Crippen molar-refractivity contribution in [3.63, 3.8) is 0 Å². The highest BCUT2D eigenvalue weighted by molar-refractivity contribution is 5.64. The Kier molecular flexibility index (Phi) is 5.79. The van der Waals surface area contributed by atoms with Crippen LogP contribution in [-0.2, 0) is 4.74 Å². The number of pyridine rings is 1. The molecule has 0 radical (unpaired) electrons. The third kappa shape index (κ3) is 3.96. The largest absolute Gasteiger partial charge is 0.431 e. The van der Waals surface area contributed by atoms with Crippen LogP contribution in [0.1, 0.15) is 50.8 Å². The average molecular weight is 448 g/mol. The van der Waals surface area contributed by atoms with Gasteiger partial charge in [-0.3, -0.25) is 9.58 Å². The van der Waals surface area contributed by atoms with Gasteiger partial charge in [0.1, 0.15) is 0 Å². The molecule has 3 fully saturated rings. The van der Waals surface area contributed by atoms with Crippen molar-refractivity contribution in [1.29, 1.82) is 0 Å². The molecule has 2 aliphatic carbocycles. The van der Waals surface area contributed by atoms with Gasteiger partial charge in [-0.05, 0) is 57.1 Å². The van der Waals surface area contributed by atoms with Crippen LogP contribution in [-0.4, -0.2) is 58.6 Å². The highest BCUT2D eigenvalue weighted by atomic mass is 19.3. The second-order valence-corrected chi connectivity index (χ2v) is 9.52. The van der Waals surface area contributed by atoms with Crippen LogP contribution in [0.25, 0.3) is 11.3 Å². The fourth-order valence-electron chi connectivity index (χ4n) is 5.80. The van der Waals surface area contributed by atoms with Crippen LogP contribution in [0.4, 0.5) is 14.6 Å². The molecule has 2 aromatic heterocycles. The van der Waals surface area contributed by atoms with E-state index in [9.17, 15) is 8.78 Å². The minimum atomic E-state index is -2.95. The monoisotopic (exact) mass is 447 g/mol. The first-order valence-electron chi connectivity index (χ1n) is 11.5. The van der Waals surface area contributed by atoms with E-state index in [1.54, 1.807) is 6.20 Å². The molecular weight excluding hydrogens is 416 g/mol. The number of rotatable bonds is 6. The predicted octanol–water partition coefficient (Wildman–Crippen LogP) is 3.92. The van der Waals surface area contributed by atoms with Crippen molar-refractivity contribution in [2.45, 2.75) is 57.7 Å². The molecule has 1 saturated heterocycles. The van der Waals surface area contributed by atoms with E-state index in [0.29, 0.717) is 29.1 Å². The molecule has 3 heterocycles. The van der Waals surface area contributed by atoms with E-state index in [1.165, 1.54) is 31.0 Å². The molecule has 174 valence electrons. The summed E-state index contributed by atoms with van der Waals surface area (Å²) in [6.07, 6.45) is 5.25. The molecule has 2 saturated carbocycles. The Morgan fingerprint density at radius 2 is 1.94 bits per heavy atom. The summed E-state index contributed by atoms with van der Waals surface area (Å²) < 4.78 is 37.6. The lowest BCUT2D eigenvalue weighted by molar-refractivity contribution is -0.0494. The van der Waals surface area contributed by atoms with E-state index >= 15 is 0 Å². The van der Waals surface area contributed by atoms with E-state index in [0.717, 1.165) is 32.2 Å². The third-order valence-corrected chi connectivity index (χ3v) is 7.39. The number of aromatic nitrogens is 3. The highest BCUT2D eigenvalue weighted by Gasteiger charge is 2.50. The highest BCUT2D eigenvalue weighted by Crippen LogP contribution is 2.57. The van der Waals surface area contributed by atoms with Gasteiger partial charge in [0.25, 0.3) is 0 Å². The molecule has 4 unspecified atom stereocenters. The molecule has 0 bridgehead atoms. The fraction of sp³-hybridized carbons (Fsp3) is 0.652. The van der Waals surface area contributed by atoms with Gasteiger partial charge in [0, 0.05) is 48.5 Å². The minimum Gasteiger partial charge on any atom is -0.431 e. The number of anilines is 1. The maximum Gasteiger partial charge on any atom is 0.387 e. The lowest BCUT2D eigenvalue weighted by Gasteiger charge is -2.41. The molecule has 0 amide bonds. The summed E-state index contributed by atoms with van der Waals surface area (Å²) in [7, 11) is 0. The van der Waals surface area contributed by atoms with Crippen molar-refractivity contribution in [3.05, 3.63) is 24.0 Å². The van der Waals surface area contributed by atoms with Gasteiger partial charge < -0.3 is 15.2 Å². The zero-order valence-corrected chi connectivity index (χ0v) is 18.6. The number of nitrogens with two attached hydrogens (primary N) is 1. The molecule has 9 heteroatoms. The van der Waals surface area contributed by atoms with Crippen LogP contribution in [0.3, 0.4) is 0 Å². The lowest BCUT2D eigenvalue weighted by Crippen LogP contribution is -2.42. The van der Waals surface area contributed by atoms with E-state index in [1.807, 2.05) is 0 Å². The molecule has 2 aromatic rings. The van der Waals surface area contributed by atoms with Crippen molar-refractivity contribution in [2.24, 2.45) is 11.8 Å².